The molecule has 186 valence electrons. The van der Waals surface area contributed by atoms with Crippen molar-refractivity contribution in [3.63, 3.8) is 0 Å². The normalized spacial score (nSPS) is 22.5. The lowest BCUT2D eigenvalue weighted by Gasteiger charge is -2.35. The lowest BCUT2D eigenvalue weighted by molar-refractivity contribution is -0.121. The molecule has 1 amide bonds. The summed E-state index contributed by atoms with van der Waals surface area (Å²) in [5, 5.41) is 7.66. The Morgan fingerprint density at radius 1 is 1.23 bits per heavy atom. The van der Waals surface area contributed by atoms with Crippen molar-refractivity contribution in [2.75, 3.05) is 6.54 Å². The topological polar surface area (TPSA) is 101 Å². The molecule has 1 fully saturated rings. The zero-order valence-corrected chi connectivity index (χ0v) is 20.2. The average Bonchev–Trinajstić information content (AvgIpc) is 3.31. The van der Waals surface area contributed by atoms with E-state index in [-0.39, 0.29) is 30.5 Å². The van der Waals surface area contributed by atoms with Gasteiger partial charge in [0, 0.05) is 23.7 Å². The van der Waals surface area contributed by atoms with Gasteiger partial charge in [0.15, 0.2) is 9.84 Å². The number of hydrogen-bond donors (Lipinski definition) is 2. The number of sulfone groups is 1. The van der Waals surface area contributed by atoms with Crippen LogP contribution in [0.15, 0.2) is 59.4 Å². The Balaban J connectivity index is 1.52. The molecule has 2 unspecified atom stereocenters. The molecule has 35 heavy (non-hydrogen) atoms. The second-order valence-electron chi connectivity index (χ2n) is 8.89. The van der Waals surface area contributed by atoms with Crippen molar-refractivity contribution in [2.45, 2.75) is 49.3 Å². The summed E-state index contributed by atoms with van der Waals surface area (Å²) in [6, 6.07) is 9.69. The van der Waals surface area contributed by atoms with Crippen LogP contribution in [0.1, 0.15) is 47.4 Å². The summed E-state index contributed by atoms with van der Waals surface area (Å²) >= 11 is 0. The molecule has 0 spiro atoms. The smallest absolute Gasteiger partial charge is 0.225 e. The third-order valence-corrected chi connectivity index (χ3v) is 9.10. The average molecular weight is 504 g/mol. The van der Waals surface area contributed by atoms with Gasteiger partial charge in [-0.25, -0.2) is 17.2 Å². The summed E-state index contributed by atoms with van der Waals surface area (Å²) in [5.41, 5.74) is 1.17. The van der Waals surface area contributed by atoms with Crippen LogP contribution < -0.4 is 10.6 Å². The van der Waals surface area contributed by atoms with E-state index < -0.39 is 50.0 Å². The maximum atomic E-state index is 15.1. The van der Waals surface area contributed by atoms with Crippen molar-refractivity contribution in [3.05, 3.63) is 88.8 Å². The van der Waals surface area contributed by atoms with Crippen LogP contribution >= 0.6 is 0 Å². The fraction of sp³-hybridized carbons (Fsp3) is 0.360. The first-order chi connectivity index (χ1) is 16.7. The van der Waals surface area contributed by atoms with Crippen LogP contribution in [0, 0.1) is 11.6 Å². The molecule has 3 aromatic rings. The highest BCUT2D eigenvalue weighted by molar-refractivity contribution is 7.92. The molecule has 4 atom stereocenters. The minimum Gasteiger partial charge on any atom is -0.364 e. The number of carbonyl (C=O) groups is 1. The maximum absolute atomic E-state index is 15.1. The predicted octanol–water partition coefficient (Wildman–Crippen LogP) is 3.43. The van der Waals surface area contributed by atoms with Gasteiger partial charge in [-0.3, -0.25) is 4.79 Å². The minimum atomic E-state index is -3.68. The monoisotopic (exact) mass is 503 g/mol. The first-order valence-electron chi connectivity index (χ1n) is 11.3. The summed E-state index contributed by atoms with van der Waals surface area (Å²) in [6.07, 6.45) is 2.55. The number of amides is 1. The number of nitrogens with one attached hydrogen (secondary N) is 2. The second-order valence-corrected chi connectivity index (χ2v) is 11.2. The van der Waals surface area contributed by atoms with Crippen molar-refractivity contribution in [1.82, 2.24) is 15.8 Å². The van der Waals surface area contributed by atoms with Gasteiger partial charge in [-0.1, -0.05) is 35.5 Å². The van der Waals surface area contributed by atoms with Crippen molar-refractivity contribution in [1.29, 1.82) is 0 Å². The first kappa shape index (κ1) is 25.0. The van der Waals surface area contributed by atoms with Crippen LogP contribution in [-0.2, 0) is 27.5 Å². The van der Waals surface area contributed by atoms with Gasteiger partial charge in [-0.15, -0.1) is 0 Å². The molecular formula is C25H27F2N3O4S. The third kappa shape index (κ3) is 5.43. The van der Waals surface area contributed by atoms with E-state index in [0.29, 0.717) is 11.1 Å². The number of aromatic nitrogens is 1. The highest BCUT2D eigenvalue weighted by atomic mass is 32.2. The number of carbonyl (C=O) groups excluding carboxylic acids is 1. The van der Waals surface area contributed by atoms with Crippen LogP contribution in [0.5, 0.6) is 0 Å². The first-order valence-corrected chi connectivity index (χ1v) is 12.9. The van der Waals surface area contributed by atoms with Crippen molar-refractivity contribution in [3.8, 4) is 0 Å². The number of rotatable bonds is 7. The Labute approximate surface area is 202 Å². The van der Waals surface area contributed by atoms with E-state index in [4.69, 9.17) is 0 Å². The summed E-state index contributed by atoms with van der Waals surface area (Å²) in [7, 11) is -3.68. The fourth-order valence-electron chi connectivity index (χ4n) is 4.48. The number of hydrogen-bond acceptors (Lipinski definition) is 6. The Kier molecular flexibility index (Phi) is 7.32. The number of nitrogens with zero attached hydrogens (tertiary/aromatic N) is 1. The van der Waals surface area contributed by atoms with E-state index in [0.717, 1.165) is 12.1 Å². The van der Waals surface area contributed by atoms with Gasteiger partial charge < -0.3 is 15.2 Å². The van der Waals surface area contributed by atoms with Gasteiger partial charge in [-0.2, -0.15) is 0 Å². The molecule has 4 rings (SSSR count). The van der Waals surface area contributed by atoms with Crippen LogP contribution in [0.2, 0.25) is 0 Å². The van der Waals surface area contributed by atoms with E-state index >= 15 is 4.39 Å². The molecule has 1 aromatic heterocycles. The SMILES string of the molecule is CC(NC(=O)Cc1cnoc1)c1cc(F)c(CC2[C@H](C)NC[C@@H](c3ccccc3)S2(=O)=O)cc1F. The molecule has 1 aliphatic rings. The maximum Gasteiger partial charge on any atom is 0.225 e. The van der Waals surface area contributed by atoms with Gasteiger partial charge in [0.2, 0.25) is 5.91 Å². The van der Waals surface area contributed by atoms with Gasteiger partial charge in [0.25, 0.3) is 0 Å². The summed E-state index contributed by atoms with van der Waals surface area (Å²) < 4.78 is 61.6. The van der Waals surface area contributed by atoms with E-state index in [2.05, 4.69) is 20.3 Å². The highest BCUT2D eigenvalue weighted by Gasteiger charge is 2.42. The summed E-state index contributed by atoms with van der Waals surface area (Å²) in [6.45, 7) is 3.54. The van der Waals surface area contributed by atoms with Gasteiger partial charge in [-0.05, 0) is 43.5 Å². The standard InChI is InChI=1S/C25H27F2N3O4S/c1-15(30-25(31)8-17-12-29-34-14-17)20-11-21(26)19(9-22(20)27)10-23-16(2)28-13-24(35(23,32)33)18-6-4-3-5-7-18/h3-7,9,11-12,14-16,23-24,28H,8,10,13H2,1-2H3,(H,30,31)/t15?,16-,23?,24-/m0/s1. The molecule has 7 nitrogen and oxygen atoms in total. The van der Waals surface area contributed by atoms with Crippen LogP contribution in [-0.4, -0.2) is 37.3 Å². The minimum absolute atomic E-state index is 0.0109. The molecular weight excluding hydrogens is 476 g/mol. The fourth-order valence-corrected chi connectivity index (χ4v) is 6.85. The van der Waals surface area contributed by atoms with Gasteiger partial charge in [0.05, 0.1) is 29.2 Å². The third-order valence-electron chi connectivity index (χ3n) is 6.45. The van der Waals surface area contributed by atoms with Crippen molar-refractivity contribution < 1.29 is 26.5 Å². The van der Waals surface area contributed by atoms with Gasteiger partial charge >= 0.3 is 0 Å². The number of halogens is 2. The molecule has 2 heterocycles. The van der Waals surface area contributed by atoms with Crippen LogP contribution in [0.4, 0.5) is 8.78 Å². The zero-order valence-electron chi connectivity index (χ0n) is 19.4. The summed E-state index contributed by atoms with van der Waals surface area (Å²) in [5.74, 6) is -1.83. The lowest BCUT2D eigenvalue weighted by atomic mass is 9.99. The Bertz CT molecular complexity index is 1280. The molecule has 1 aliphatic heterocycles. The van der Waals surface area contributed by atoms with E-state index in [9.17, 15) is 17.6 Å². The molecule has 0 saturated carbocycles. The second kappa shape index (κ2) is 10.2. The summed E-state index contributed by atoms with van der Waals surface area (Å²) in [4.78, 5) is 12.2. The molecule has 10 heteroatoms. The molecule has 1 saturated heterocycles. The van der Waals surface area contributed by atoms with E-state index in [1.165, 1.54) is 12.5 Å². The quantitative estimate of drug-likeness (QED) is 0.512. The molecule has 0 radical (unpaired) electrons. The van der Waals surface area contributed by atoms with Crippen LogP contribution in [0.25, 0.3) is 0 Å². The van der Waals surface area contributed by atoms with Crippen LogP contribution in [0.3, 0.4) is 0 Å². The largest absolute Gasteiger partial charge is 0.364 e. The van der Waals surface area contributed by atoms with E-state index in [1.54, 1.807) is 38.1 Å². The van der Waals surface area contributed by atoms with Crippen molar-refractivity contribution in [2.24, 2.45) is 0 Å². The Morgan fingerprint density at radius 2 is 1.97 bits per heavy atom. The molecule has 0 aliphatic carbocycles. The molecule has 0 bridgehead atoms. The molecule has 2 aromatic carbocycles. The Hall–Kier alpha value is -3.11. The lowest BCUT2D eigenvalue weighted by Crippen LogP contribution is -2.53. The van der Waals surface area contributed by atoms with E-state index in [1.807, 2.05) is 6.07 Å². The molecule has 2 N–H and O–H groups in total. The predicted molar refractivity (Wildman–Crippen MR) is 126 cm³/mol. The van der Waals surface area contributed by atoms with Gasteiger partial charge in [0.1, 0.15) is 17.9 Å². The van der Waals surface area contributed by atoms with Crippen molar-refractivity contribution >= 4 is 15.7 Å². The number of benzene rings is 2. The highest BCUT2D eigenvalue weighted by Crippen LogP contribution is 2.33. The Morgan fingerprint density at radius 3 is 2.66 bits per heavy atom. The zero-order chi connectivity index (χ0) is 25.2.